The summed E-state index contributed by atoms with van der Waals surface area (Å²) in [4.78, 5) is 28.9. The molecule has 5 rings (SSSR count). The molecule has 5 heteroatoms. The molecule has 1 aromatic heterocycles. The molecule has 5 nitrogen and oxygen atoms in total. The Bertz CT molecular complexity index is 1390. The molecule has 1 aliphatic heterocycles. The molecule has 1 unspecified atom stereocenters. The maximum absolute atomic E-state index is 13.7. The van der Waals surface area contributed by atoms with Crippen LogP contribution >= 0.6 is 0 Å². The molecule has 2 heterocycles. The largest absolute Gasteiger partial charge is 0.497 e. The van der Waals surface area contributed by atoms with E-state index in [1.165, 1.54) is 0 Å². The number of methoxy groups -OCH3 is 1. The zero-order chi connectivity index (χ0) is 22.4. The van der Waals surface area contributed by atoms with Crippen molar-refractivity contribution in [3.05, 3.63) is 111 Å². The van der Waals surface area contributed by atoms with Crippen LogP contribution in [0.25, 0.3) is 11.0 Å². The van der Waals surface area contributed by atoms with E-state index >= 15 is 0 Å². The fourth-order valence-corrected chi connectivity index (χ4v) is 4.55. The van der Waals surface area contributed by atoms with Crippen molar-refractivity contribution < 1.29 is 13.9 Å². The first-order valence-electron chi connectivity index (χ1n) is 10.5. The van der Waals surface area contributed by atoms with Gasteiger partial charge in [-0.05, 0) is 54.3 Å². The number of fused-ring (bicyclic) bond motifs is 2. The van der Waals surface area contributed by atoms with Crippen LogP contribution in [0.4, 0.5) is 0 Å². The molecule has 0 bridgehead atoms. The summed E-state index contributed by atoms with van der Waals surface area (Å²) in [6.07, 6.45) is 0. The summed E-state index contributed by atoms with van der Waals surface area (Å²) in [5, 5.41) is 0.515. The molecule has 1 amide bonds. The average Bonchev–Trinajstić information content (AvgIpc) is 3.08. The van der Waals surface area contributed by atoms with Gasteiger partial charge >= 0.3 is 0 Å². The van der Waals surface area contributed by atoms with Gasteiger partial charge in [0.25, 0.3) is 5.91 Å². The standard InChI is InChI=1S/C27H23NO4/c1-16-13-17(2)25-21(14-16)24(29)22-23(19-7-5-4-6-8-19)28(27(30)26(22)32-25)15-18-9-11-20(31-3)12-10-18/h4-14,23H,15H2,1-3H3. The van der Waals surface area contributed by atoms with Gasteiger partial charge < -0.3 is 14.1 Å². The molecule has 0 N–H and O–H groups in total. The Kier molecular flexibility index (Phi) is 4.82. The van der Waals surface area contributed by atoms with Crippen molar-refractivity contribution in [3.63, 3.8) is 0 Å². The van der Waals surface area contributed by atoms with E-state index < -0.39 is 6.04 Å². The fraction of sp³-hybridized carbons (Fsp3) is 0.185. The predicted molar refractivity (Wildman–Crippen MR) is 123 cm³/mol. The highest BCUT2D eigenvalue weighted by molar-refractivity contribution is 5.99. The lowest BCUT2D eigenvalue weighted by molar-refractivity contribution is 0.0714. The van der Waals surface area contributed by atoms with Gasteiger partial charge in [-0.25, -0.2) is 0 Å². The van der Waals surface area contributed by atoms with E-state index in [0.29, 0.717) is 23.1 Å². The minimum Gasteiger partial charge on any atom is -0.497 e. The van der Waals surface area contributed by atoms with Crippen LogP contribution in [0.2, 0.25) is 0 Å². The number of ether oxygens (including phenoxy) is 1. The molecule has 0 saturated heterocycles. The molecule has 4 aromatic rings. The highest BCUT2D eigenvalue weighted by Crippen LogP contribution is 2.39. The maximum atomic E-state index is 13.7. The average molecular weight is 425 g/mol. The molecule has 0 spiro atoms. The van der Waals surface area contributed by atoms with E-state index in [4.69, 9.17) is 9.15 Å². The molecule has 0 radical (unpaired) electrons. The molecule has 32 heavy (non-hydrogen) atoms. The summed E-state index contributed by atoms with van der Waals surface area (Å²) < 4.78 is 11.4. The highest BCUT2D eigenvalue weighted by Gasteiger charge is 2.42. The highest BCUT2D eigenvalue weighted by atomic mass is 16.5. The number of nitrogens with zero attached hydrogens (tertiary/aromatic N) is 1. The SMILES string of the molecule is COc1ccc(CN2C(=O)c3oc4c(C)cc(C)cc4c(=O)c3C2c2ccccc2)cc1. The maximum Gasteiger partial charge on any atom is 0.291 e. The summed E-state index contributed by atoms with van der Waals surface area (Å²) in [5.41, 5.74) is 4.39. The van der Waals surface area contributed by atoms with Gasteiger partial charge in [-0.15, -0.1) is 0 Å². The summed E-state index contributed by atoms with van der Waals surface area (Å²) in [6.45, 7) is 4.20. The Labute approximate surface area is 185 Å². The van der Waals surface area contributed by atoms with Crippen LogP contribution in [0.3, 0.4) is 0 Å². The third-order valence-corrected chi connectivity index (χ3v) is 6.02. The van der Waals surface area contributed by atoms with Crippen molar-refractivity contribution in [1.82, 2.24) is 4.90 Å². The molecule has 3 aromatic carbocycles. The van der Waals surface area contributed by atoms with Crippen LogP contribution in [0.1, 0.15) is 44.4 Å². The van der Waals surface area contributed by atoms with Crippen LogP contribution < -0.4 is 10.2 Å². The van der Waals surface area contributed by atoms with Gasteiger partial charge in [-0.3, -0.25) is 9.59 Å². The molecule has 0 aliphatic carbocycles. The fourth-order valence-electron chi connectivity index (χ4n) is 4.55. The number of aryl methyl sites for hydroxylation is 2. The lowest BCUT2D eigenvalue weighted by Crippen LogP contribution is -2.29. The van der Waals surface area contributed by atoms with Crippen molar-refractivity contribution in [2.24, 2.45) is 0 Å². The minimum atomic E-state index is -0.512. The molecule has 0 fully saturated rings. The van der Waals surface area contributed by atoms with E-state index in [2.05, 4.69) is 0 Å². The Balaban J connectivity index is 1.70. The van der Waals surface area contributed by atoms with Gasteiger partial charge in [0.2, 0.25) is 5.76 Å². The normalized spacial score (nSPS) is 15.3. The van der Waals surface area contributed by atoms with Gasteiger partial charge in [0.1, 0.15) is 11.3 Å². The summed E-state index contributed by atoms with van der Waals surface area (Å²) in [7, 11) is 1.62. The molecular weight excluding hydrogens is 402 g/mol. The first-order chi connectivity index (χ1) is 15.5. The smallest absolute Gasteiger partial charge is 0.291 e. The minimum absolute atomic E-state index is 0.136. The Morgan fingerprint density at radius 1 is 0.969 bits per heavy atom. The van der Waals surface area contributed by atoms with Gasteiger partial charge in [0, 0.05) is 6.54 Å². The predicted octanol–water partition coefficient (Wildman–Crippen LogP) is 5.16. The zero-order valence-corrected chi connectivity index (χ0v) is 18.2. The first-order valence-corrected chi connectivity index (χ1v) is 10.5. The Hall–Kier alpha value is -3.86. The number of rotatable bonds is 4. The molecule has 0 saturated carbocycles. The van der Waals surface area contributed by atoms with Crippen LogP contribution in [0.5, 0.6) is 5.75 Å². The van der Waals surface area contributed by atoms with Crippen molar-refractivity contribution in [3.8, 4) is 5.75 Å². The van der Waals surface area contributed by atoms with E-state index in [-0.39, 0.29) is 17.1 Å². The number of hydrogen-bond acceptors (Lipinski definition) is 4. The second-order valence-electron chi connectivity index (χ2n) is 8.23. The molecule has 1 aliphatic rings. The third kappa shape index (κ3) is 3.17. The molecule has 1 atom stereocenters. The lowest BCUT2D eigenvalue weighted by Gasteiger charge is -2.25. The van der Waals surface area contributed by atoms with Crippen LogP contribution in [0, 0.1) is 13.8 Å². The number of hydrogen-bond donors (Lipinski definition) is 0. The van der Waals surface area contributed by atoms with E-state index in [1.54, 1.807) is 12.0 Å². The van der Waals surface area contributed by atoms with Crippen molar-refractivity contribution >= 4 is 16.9 Å². The van der Waals surface area contributed by atoms with E-state index in [0.717, 1.165) is 28.0 Å². The van der Waals surface area contributed by atoms with Crippen LogP contribution in [-0.2, 0) is 6.54 Å². The third-order valence-electron chi connectivity index (χ3n) is 6.02. The Morgan fingerprint density at radius 2 is 1.69 bits per heavy atom. The zero-order valence-electron chi connectivity index (χ0n) is 18.2. The lowest BCUT2D eigenvalue weighted by atomic mass is 9.97. The second kappa shape index (κ2) is 7.68. The summed E-state index contributed by atoms with van der Waals surface area (Å²) in [5.74, 6) is 0.610. The van der Waals surface area contributed by atoms with Crippen molar-refractivity contribution in [2.75, 3.05) is 7.11 Å². The monoisotopic (exact) mass is 425 g/mol. The van der Waals surface area contributed by atoms with Gasteiger partial charge in [0.05, 0.1) is 24.1 Å². The van der Waals surface area contributed by atoms with E-state index in [9.17, 15) is 9.59 Å². The molecule has 160 valence electrons. The first kappa shape index (κ1) is 20.1. The summed E-state index contributed by atoms with van der Waals surface area (Å²) in [6, 6.07) is 20.5. The van der Waals surface area contributed by atoms with Gasteiger partial charge in [-0.2, -0.15) is 0 Å². The topological polar surface area (TPSA) is 59.8 Å². The molecular formula is C27H23NO4. The van der Waals surface area contributed by atoms with Crippen molar-refractivity contribution in [1.29, 1.82) is 0 Å². The quantitative estimate of drug-likeness (QED) is 0.453. The number of amides is 1. The van der Waals surface area contributed by atoms with Crippen molar-refractivity contribution in [2.45, 2.75) is 26.4 Å². The Morgan fingerprint density at radius 3 is 2.38 bits per heavy atom. The van der Waals surface area contributed by atoms with Gasteiger partial charge in [0.15, 0.2) is 5.43 Å². The van der Waals surface area contributed by atoms with E-state index in [1.807, 2.05) is 80.6 Å². The number of benzene rings is 3. The summed E-state index contributed by atoms with van der Waals surface area (Å²) >= 11 is 0. The van der Waals surface area contributed by atoms with Gasteiger partial charge in [-0.1, -0.05) is 48.5 Å². The second-order valence-corrected chi connectivity index (χ2v) is 8.23. The number of carbonyl (C=O) groups excluding carboxylic acids is 1. The number of carbonyl (C=O) groups is 1. The van der Waals surface area contributed by atoms with Crippen LogP contribution in [-0.4, -0.2) is 17.9 Å². The van der Waals surface area contributed by atoms with Crippen LogP contribution in [0.15, 0.2) is 75.9 Å².